The highest BCUT2D eigenvalue weighted by atomic mass is 35.5. The van der Waals surface area contributed by atoms with Gasteiger partial charge in [0.15, 0.2) is 0 Å². The molecular weight excluding hydrogens is 245 g/mol. The molecule has 0 fully saturated rings. The fourth-order valence-electron chi connectivity index (χ4n) is 1.32. The summed E-state index contributed by atoms with van der Waals surface area (Å²) < 4.78 is 0. The van der Waals surface area contributed by atoms with E-state index in [-0.39, 0.29) is 11.3 Å². The van der Waals surface area contributed by atoms with Crippen molar-refractivity contribution in [2.45, 2.75) is 25.6 Å². The number of carbonyl (C=O) groups excluding carboxylic acids is 1. The number of hydrogen-bond acceptors (Lipinski definition) is 1. The lowest BCUT2D eigenvalue weighted by molar-refractivity contribution is 0.0953. The monoisotopic (exact) mass is 259 g/mol. The average molecular weight is 260 g/mol. The summed E-state index contributed by atoms with van der Waals surface area (Å²) in [5.74, 6) is -0.103. The van der Waals surface area contributed by atoms with Crippen LogP contribution in [0.25, 0.3) is 0 Å². The summed E-state index contributed by atoms with van der Waals surface area (Å²) in [6.07, 6.45) is 0.835. The van der Waals surface area contributed by atoms with Crippen molar-refractivity contribution in [1.29, 1.82) is 0 Å². The Morgan fingerprint density at radius 2 is 2.19 bits per heavy atom. The Balaban J connectivity index is 2.66. The van der Waals surface area contributed by atoms with Crippen LogP contribution in [0, 0.1) is 6.92 Å². The second kappa shape index (κ2) is 6.12. The third kappa shape index (κ3) is 3.69. The zero-order valence-electron chi connectivity index (χ0n) is 9.39. The maximum Gasteiger partial charge on any atom is 0.251 e. The molecule has 0 heterocycles. The van der Waals surface area contributed by atoms with Crippen LogP contribution in [0.4, 0.5) is 0 Å². The third-order valence-electron chi connectivity index (χ3n) is 2.36. The van der Waals surface area contributed by atoms with Gasteiger partial charge in [0.05, 0.1) is 5.38 Å². The molecule has 1 aromatic rings. The number of halogens is 2. The van der Waals surface area contributed by atoms with Crippen molar-refractivity contribution in [3.8, 4) is 0 Å². The Labute approximate surface area is 106 Å². The van der Waals surface area contributed by atoms with Crippen LogP contribution < -0.4 is 5.32 Å². The maximum absolute atomic E-state index is 11.8. The minimum Gasteiger partial charge on any atom is -0.351 e. The lowest BCUT2D eigenvalue weighted by atomic mass is 10.1. The Hall–Kier alpha value is -0.730. The van der Waals surface area contributed by atoms with Crippen LogP contribution in [-0.2, 0) is 0 Å². The van der Waals surface area contributed by atoms with Crippen molar-refractivity contribution in [3.63, 3.8) is 0 Å². The van der Waals surface area contributed by atoms with E-state index in [9.17, 15) is 4.79 Å². The number of nitrogens with one attached hydrogen (secondary N) is 1. The zero-order valence-corrected chi connectivity index (χ0v) is 10.9. The number of hydrogen-bond donors (Lipinski definition) is 1. The predicted octanol–water partition coefficient (Wildman–Crippen LogP) is 3.40. The van der Waals surface area contributed by atoms with Crippen LogP contribution in [0.3, 0.4) is 0 Å². The van der Waals surface area contributed by atoms with Crippen molar-refractivity contribution >= 4 is 29.1 Å². The molecular formula is C12H15Cl2NO. The van der Waals surface area contributed by atoms with Crippen LogP contribution in [0.15, 0.2) is 18.2 Å². The highest BCUT2D eigenvalue weighted by molar-refractivity contribution is 6.30. The van der Waals surface area contributed by atoms with E-state index in [0.717, 1.165) is 12.0 Å². The quantitative estimate of drug-likeness (QED) is 0.826. The predicted molar refractivity (Wildman–Crippen MR) is 68.5 cm³/mol. The number of benzene rings is 1. The molecule has 1 unspecified atom stereocenters. The first-order valence-corrected chi connectivity index (χ1v) is 6.04. The van der Waals surface area contributed by atoms with Gasteiger partial charge in [-0.05, 0) is 37.1 Å². The summed E-state index contributed by atoms with van der Waals surface area (Å²) in [4.78, 5) is 11.8. The number of aryl methyl sites for hydroxylation is 1. The zero-order chi connectivity index (χ0) is 12.1. The minimum atomic E-state index is -0.103. The molecule has 16 heavy (non-hydrogen) atoms. The van der Waals surface area contributed by atoms with Crippen LogP contribution in [0.5, 0.6) is 0 Å². The van der Waals surface area contributed by atoms with Crippen molar-refractivity contribution < 1.29 is 4.79 Å². The Bertz CT molecular complexity index is 379. The summed E-state index contributed by atoms with van der Waals surface area (Å²) >= 11 is 11.7. The van der Waals surface area contributed by atoms with Crippen molar-refractivity contribution in [1.82, 2.24) is 5.32 Å². The fraction of sp³-hybridized carbons (Fsp3) is 0.417. The maximum atomic E-state index is 11.8. The minimum absolute atomic E-state index is 0.0171. The van der Waals surface area contributed by atoms with Crippen molar-refractivity contribution in [3.05, 3.63) is 34.3 Å². The van der Waals surface area contributed by atoms with E-state index >= 15 is 0 Å². The van der Waals surface area contributed by atoms with Crippen LogP contribution in [-0.4, -0.2) is 17.8 Å². The number of rotatable bonds is 4. The molecule has 0 aliphatic rings. The van der Waals surface area contributed by atoms with E-state index in [1.54, 1.807) is 18.2 Å². The molecule has 1 aromatic carbocycles. The van der Waals surface area contributed by atoms with Gasteiger partial charge in [0.25, 0.3) is 5.91 Å². The molecule has 2 nitrogen and oxygen atoms in total. The van der Waals surface area contributed by atoms with Crippen molar-refractivity contribution in [2.75, 3.05) is 6.54 Å². The summed E-state index contributed by atoms with van der Waals surface area (Å²) in [5.41, 5.74) is 1.51. The van der Waals surface area contributed by atoms with Gasteiger partial charge in [-0.15, -0.1) is 11.6 Å². The Morgan fingerprint density at radius 1 is 1.50 bits per heavy atom. The van der Waals surface area contributed by atoms with E-state index in [1.165, 1.54) is 0 Å². The molecule has 1 atom stereocenters. The molecule has 0 saturated heterocycles. The van der Waals surface area contributed by atoms with Crippen LogP contribution in [0.2, 0.25) is 5.02 Å². The van der Waals surface area contributed by atoms with Gasteiger partial charge < -0.3 is 5.32 Å². The van der Waals surface area contributed by atoms with E-state index in [0.29, 0.717) is 17.1 Å². The van der Waals surface area contributed by atoms with Gasteiger partial charge in [-0.2, -0.15) is 0 Å². The molecule has 0 saturated carbocycles. The highest BCUT2D eigenvalue weighted by Gasteiger charge is 2.10. The van der Waals surface area contributed by atoms with Crippen LogP contribution >= 0.6 is 23.2 Å². The first-order chi connectivity index (χ1) is 7.54. The summed E-state index contributed by atoms with van der Waals surface area (Å²) in [6.45, 7) is 4.33. The average Bonchev–Trinajstić information content (AvgIpc) is 2.25. The molecule has 88 valence electrons. The summed E-state index contributed by atoms with van der Waals surface area (Å²) in [7, 11) is 0. The first-order valence-electron chi connectivity index (χ1n) is 5.23. The standard InChI is InChI=1S/C12H15Cl2NO/c1-3-9(13)7-15-12(16)11-5-4-10(14)6-8(11)2/h4-6,9H,3,7H2,1-2H3,(H,15,16). The summed E-state index contributed by atoms with van der Waals surface area (Å²) in [5, 5.41) is 3.42. The van der Waals surface area contributed by atoms with E-state index in [4.69, 9.17) is 23.2 Å². The second-order valence-electron chi connectivity index (χ2n) is 3.67. The highest BCUT2D eigenvalue weighted by Crippen LogP contribution is 2.15. The molecule has 1 N–H and O–H groups in total. The molecule has 0 aliphatic carbocycles. The molecule has 1 amide bonds. The Kier molecular flexibility index (Phi) is 5.10. The van der Waals surface area contributed by atoms with Gasteiger partial charge >= 0.3 is 0 Å². The lowest BCUT2D eigenvalue weighted by Crippen LogP contribution is -2.29. The molecule has 0 radical (unpaired) electrons. The normalized spacial score (nSPS) is 12.2. The fourth-order valence-corrected chi connectivity index (χ4v) is 1.63. The van der Waals surface area contributed by atoms with E-state index < -0.39 is 0 Å². The van der Waals surface area contributed by atoms with Gasteiger partial charge in [-0.25, -0.2) is 0 Å². The van der Waals surface area contributed by atoms with Gasteiger partial charge in [0, 0.05) is 17.1 Å². The number of amides is 1. The van der Waals surface area contributed by atoms with Gasteiger partial charge in [0.1, 0.15) is 0 Å². The second-order valence-corrected chi connectivity index (χ2v) is 4.73. The molecule has 0 aromatic heterocycles. The lowest BCUT2D eigenvalue weighted by Gasteiger charge is -2.10. The smallest absolute Gasteiger partial charge is 0.251 e. The molecule has 0 aliphatic heterocycles. The number of alkyl halides is 1. The Morgan fingerprint density at radius 3 is 2.75 bits per heavy atom. The molecule has 4 heteroatoms. The van der Waals surface area contributed by atoms with Gasteiger partial charge in [0.2, 0.25) is 0 Å². The van der Waals surface area contributed by atoms with Crippen LogP contribution in [0.1, 0.15) is 29.3 Å². The van der Waals surface area contributed by atoms with Gasteiger partial charge in [-0.1, -0.05) is 18.5 Å². The first kappa shape index (κ1) is 13.3. The van der Waals surface area contributed by atoms with E-state index in [1.807, 2.05) is 13.8 Å². The topological polar surface area (TPSA) is 29.1 Å². The molecule has 1 rings (SSSR count). The van der Waals surface area contributed by atoms with Gasteiger partial charge in [-0.3, -0.25) is 4.79 Å². The third-order valence-corrected chi connectivity index (χ3v) is 3.06. The number of carbonyl (C=O) groups is 1. The molecule has 0 bridgehead atoms. The van der Waals surface area contributed by atoms with Crippen molar-refractivity contribution in [2.24, 2.45) is 0 Å². The van der Waals surface area contributed by atoms with E-state index in [2.05, 4.69) is 5.32 Å². The SMILES string of the molecule is CCC(Cl)CNC(=O)c1ccc(Cl)cc1C. The molecule has 0 spiro atoms. The summed E-state index contributed by atoms with van der Waals surface area (Å²) in [6, 6.07) is 5.21. The largest absolute Gasteiger partial charge is 0.351 e.